The van der Waals surface area contributed by atoms with Gasteiger partial charge in [-0.15, -0.1) is 0 Å². The third-order valence-electron chi connectivity index (χ3n) is 11.7. The van der Waals surface area contributed by atoms with Crippen molar-refractivity contribution in [3.8, 4) is 0 Å². The molecule has 0 heterocycles. The second-order valence-corrected chi connectivity index (χ2v) is 15.2. The van der Waals surface area contributed by atoms with Gasteiger partial charge in [0.15, 0.2) is 0 Å². The lowest BCUT2D eigenvalue weighted by molar-refractivity contribution is -0.127. The van der Waals surface area contributed by atoms with Gasteiger partial charge in [-0.3, -0.25) is 0 Å². The Hall–Kier alpha value is -0.730. The van der Waals surface area contributed by atoms with Crippen LogP contribution in [0.3, 0.4) is 0 Å². The van der Waals surface area contributed by atoms with Gasteiger partial charge < -0.3 is 10.1 Å². The highest BCUT2D eigenvalue weighted by molar-refractivity contribution is 5.68. The van der Waals surface area contributed by atoms with Gasteiger partial charge in [0, 0.05) is 6.04 Å². The Labute approximate surface area is 217 Å². The van der Waals surface area contributed by atoms with Gasteiger partial charge in [-0.2, -0.15) is 0 Å². The van der Waals surface area contributed by atoms with Crippen molar-refractivity contribution in [2.75, 3.05) is 0 Å². The molecule has 0 bridgehead atoms. The summed E-state index contributed by atoms with van der Waals surface area (Å²) >= 11 is 0. The Balaban J connectivity index is 1.49. The fourth-order valence-electron chi connectivity index (χ4n) is 10.0. The van der Waals surface area contributed by atoms with E-state index in [9.17, 15) is 4.79 Å². The number of alkyl carbamates (subject to hydrolysis) is 1. The number of hydrogen-bond donors (Lipinski definition) is 1. The predicted octanol–water partition coefficient (Wildman–Crippen LogP) is 9.00. The van der Waals surface area contributed by atoms with Crippen molar-refractivity contribution >= 4 is 6.09 Å². The van der Waals surface area contributed by atoms with Gasteiger partial charge in [0.25, 0.3) is 0 Å². The molecular weight excluding hydrogens is 430 g/mol. The minimum absolute atomic E-state index is 0.205. The topological polar surface area (TPSA) is 38.3 Å². The van der Waals surface area contributed by atoms with Gasteiger partial charge in [0.1, 0.15) is 5.60 Å². The molecule has 0 aromatic rings. The average Bonchev–Trinajstić information content (AvgIpc) is 3.10. The van der Waals surface area contributed by atoms with Crippen molar-refractivity contribution in [3.05, 3.63) is 0 Å². The number of hydrogen-bond acceptors (Lipinski definition) is 2. The summed E-state index contributed by atoms with van der Waals surface area (Å²) in [6.07, 6.45) is 16.2. The van der Waals surface area contributed by atoms with Gasteiger partial charge >= 0.3 is 6.09 Å². The molecule has 3 heteroatoms. The number of carbonyl (C=O) groups excluding carboxylic acids is 1. The van der Waals surface area contributed by atoms with E-state index in [4.69, 9.17) is 4.74 Å². The van der Waals surface area contributed by atoms with Crippen molar-refractivity contribution in [1.82, 2.24) is 5.32 Å². The summed E-state index contributed by atoms with van der Waals surface area (Å²) in [7, 11) is 0. The van der Waals surface area contributed by atoms with Crippen molar-refractivity contribution in [3.63, 3.8) is 0 Å². The highest BCUT2D eigenvalue weighted by Gasteiger charge is 2.62. The molecule has 0 aromatic carbocycles. The molecule has 3 nitrogen and oxygen atoms in total. The van der Waals surface area contributed by atoms with E-state index < -0.39 is 5.60 Å². The van der Waals surface area contributed by atoms with Crippen LogP contribution in [0, 0.1) is 52.3 Å². The van der Waals surface area contributed by atoms with Gasteiger partial charge in [-0.25, -0.2) is 4.79 Å². The van der Waals surface area contributed by atoms with Crippen LogP contribution in [0.25, 0.3) is 0 Å². The first-order chi connectivity index (χ1) is 16.4. The summed E-state index contributed by atoms with van der Waals surface area (Å²) < 4.78 is 5.72. The Morgan fingerprint density at radius 2 is 1.69 bits per heavy atom. The molecule has 4 saturated carbocycles. The standard InChI is InChI=1S/C32H57NO2/c1-21(2)11-9-12-22(3)25-17-18-26-24-16-15-23-13-10-14-28(33-29(34)35-30(4,5)6)32(23,8)27(24)19-20-31(25,26)7/h21-28H,9-20H2,1-8H3,(H,33,34)/t22-,23-,24+,25-,26+,27+,28?,31-,32+/m1/s1. The van der Waals surface area contributed by atoms with Gasteiger partial charge in [0.05, 0.1) is 0 Å². The Morgan fingerprint density at radius 3 is 2.37 bits per heavy atom. The van der Waals surface area contributed by atoms with Crippen LogP contribution in [0.5, 0.6) is 0 Å². The Kier molecular flexibility index (Phi) is 7.96. The first-order valence-corrected chi connectivity index (χ1v) is 15.4. The molecular formula is C32H57NO2. The number of carbonyl (C=O) groups is 1. The van der Waals surface area contributed by atoms with Crippen LogP contribution in [0.2, 0.25) is 0 Å². The van der Waals surface area contributed by atoms with Crippen LogP contribution in [-0.4, -0.2) is 17.7 Å². The molecule has 1 N–H and O–H groups in total. The van der Waals surface area contributed by atoms with E-state index in [0.717, 1.165) is 47.8 Å². The first-order valence-electron chi connectivity index (χ1n) is 15.4. The largest absolute Gasteiger partial charge is 0.444 e. The van der Waals surface area contributed by atoms with E-state index in [1.54, 1.807) is 0 Å². The molecule has 202 valence electrons. The molecule has 1 unspecified atom stereocenters. The zero-order valence-corrected chi connectivity index (χ0v) is 24.4. The maximum Gasteiger partial charge on any atom is 0.407 e. The molecule has 4 aliphatic carbocycles. The fraction of sp³-hybridized carbons (Fsp3) is 0.969. The van der Waals surface area contributed by atoms with E-state index in [1.807, 2.05) is 20.8 Å². The summed E-state index contributed by atoms with van der Waals surface area (Å²) in [4.78, 5) is 12.9. The van der Waals surface area contributed by atoms with Gasteiger partial charge in [-0.05, 0) is 124 Å². The number of rotatable bonds is 6. The van der Waals surface area contributed by atoms with E-state index >= 15 is 0 Å². The van der Waals surface area contributed by atoms with Crippen LogP contribution in [0.4, 0.5) is 4.79 Å². The van der Waals surface area contributed by atoms with Crippen LogP contribution >= 0.6 is 0 Å². The zero-order chi connectivity index (χ0) is 25.6. The number of nitrogens with one attached hydrogen (secondary N) is 1. The molecule has 0 aromatic heterocycles. The van der Waals surface area contributed by atoms with E-state index in [0.29, 0.717) is 5.41 Å². The van der Waals surface area contributed by atoms with E-state index in [-0.39, 0.29) is 17.6 Å². The SMILES string of the molecule is CC(C)CCC[C@@H](C)[C@H]1CC[C@H]2[C@@H]3CC[C@H]4CCCC(NC(=O)OC(C)(C)C)[C@]4(C)[C@H]3CC[C@]12C. The van der Waals surface area contributed by atoms with Crippen LogP contribution in [0.1, 0.15) is 132 Å². The predicted molar refractivity (Wildman–Crippen MR) is 146 cm³/mol. The summed E-state index contributed by atoms with van der Waals surface area (Å²) in [6.45, 7) is 18.5. The normalized spacial score (nSPS) is 42.1. The summed E-state index contributed by atoms with van der Waals surface area (Å²) in [6, 6.07) is 0.264. The second-order valence-electron chi connectivity index (χ2n) is 15.2. The highest BCUT2D eigenvalue weighted by Crippen LogP contribution is 2.68. The number of amides is 1. The van der Waals surface area contributed by atoms with Crippen molar-refractivity contribution < 1.29 is 9.53 Å². The highest BCUT2D eigenvalue weighted by atomic mass is 16.6. The first kappa shape index (κ1) is 27.3. The molecule has 1 amide bonds. The van der Waals surface area contributed by atoms with Crippen molar-refractivity contribution in [2.45, 2.75) is 144 Å². The second kappa shape index (κ2) is 10.2. The molecule has 0 spiro atoms. The number of fused-ring (bicyclic) bond motifs is 5. The van der Waals surface area contributed by atoms with Crippen LogP contribution in [-0.2, 0) is 4.74 Å². The van der Waals surface area contributed by atoms with Gasteiger partial charge in [0.2, 0.25) is 0 Å². The van der Waals surface area contributed by atoms with Crippen molar-refractivity contribution in [2.24, 2.45) is 52.3 Å². The maximum atomic E-state index is 12.9. The summed E-state index contributed by atoms with van der Waals surface area (Å²) in [5, 5.41) is 3.42. The fourth-order valence-corrected chi connectivity index (χ4v) is 10.0. The lowest BCUT2D eigenvalue weighted by Crippen LogP contribution is -2.62. The minimum Gasteiger partial charge on any atom is -0.444 e. The smallest absolute Gasteiger partial charge is 0.407 e. The zero-order valence-electron chi connectivity index (χ0n) is 24.4. The minimum atomic E-state index is -0.439. The summed E-state index contributed by atoms with van der Waals surface area (Å²) in [5.41, 5.74) is 0.316. The molecule has 0 aliphatic heterocycles. The lowest BCUT2D eigenvalue weighted by atomic mass is 9.43. The summed E-state index contributed by atoms with van der Waals surface area (Å²) in [5.74, 6) is 5.86. The molecule has 4 fully saturated rings. The third kappa shape index (κ3) is 5.31. The number of ether oxygens (including phenoxy) is 1. The van der Waals surface area contributed by atoms with Crippen molar-refractivity contribution in [1.29, 1.82) is 0 Å². The lowest BCUT2D eigenvalue weighted by Gasteiger charge is -2.63. The molecule has 35 heavy (non-hydrogen) atoms. The molecule has 0 radical (unpaired) electrons. The third-order valence-corrected chi connectivity index (χ3v) is 11.7. The Bertz CT molecular complexity index is 740. The van der Waals surface area contributed by atoms with Gasteiger partial charge in [-0.1, -0.05) is 60.3 Å². The Morgan fingerprint density at radius 1 is 0.943 bits per heavy atom. The average molecular weight is 488 g/mol. The van der Waals surface area contributed by atoms with Crippen LogP contribution < -0.4 is 5.32 Å². The molecule has 4 rings (SSSR count). The molecule has 0 saturated heterocycles. The van der Waals surface area contributed by atoms with E-state index in [2.05, 4.69) is 39.9 Å². The van der Waals surface area contributed by atoms with Crippen LogP contribution in [0.15, 0.2) is 0 Å². The molecule has 9 atom stereocenters. The van der Waals surface area contributed by atoms with E-state index in [1.165, 1.54) is 70.6 Å². The molecule has 4 aliphatic rings. The quantitative estimate of drug-likeness (QED) is 0.406. The monoisotopic (exact) mass is 487 g/mol. The maximum absolute atomic E-state index is 12.9.